The molecule has 3 N–H and O–H groups in total. The Hall–Kier alpha value is -2.21. The highest BCUT2D eigenvalue weighted by atomic mass is 19.1. The molecule has 0 saturated heterocycles. The molecular formula is C19H27FN4O. The summed E-state index contributed by atoms with van der Waals surface area (Å²) in [5.41, 5.74) is 9.10. The number of carbonyl (C=O) groups excluding carboxylic acids is 1. The van der Waals surface area contributed by atoms with Crippen LogP contribution in [0.15, 0.2) is 24.3 Å². The van der Waals surface area contributed by atoms with Crippen LogP contribution in [0.5, 0.6) is 0 Å². The molecule has 0 saturated carbocycles. The first kappa shape index (κ1) is 19.1. The third kappa shape index (κ3) is 4.89. The first-order valence-electron chi connectivity index (χ1n) is 8.76. The van der Waals surface area contributed by atoms with Crippen molar-refractivity contribution in [1.82, 2.24) is 15.1 Å². The van der Waals surface area contributed by atoms with Crippen LogP contribution in [0.3, 0.4) is 0 Å². The largest absolute Gasteiger partial charge is 0.352 e. The van der Waals surface area contributed by atoms with Gasteiger partial charge in [-0.3, -0.25) is 4.79 Å². The van der Waals surface area contributed by atoms with Crippen molar-refractivity contribution in [2.75, 3.05) is 6.54 Å². The summed E-state index contributed by atoms with van der Waals surface area (Å²) in [6.45, 7) is 6.36. The summed E-state index contributed by atoms with van der Waals surface area (Å²) >= 11 is 0. The Morgan fingerprint density at radius 2 is 2.00 bits per heavy atom. The van der Waals surface area contributed by atoms with Crippen molar-refractivity contribution in [2.45, 2.75) is 52.5 Å². The number of nitrogens with one attached hydrogen (secondary N) is 1. The molecule has 25 heavy (non-hydrogen) atoms. The van der Waals surface area contributed by atoms with Crippen molar-refractivity contribution in [3.05, 3.63) is 47.0 Å². The number of nitrogens with zero attached hydrogens (tertiary/aromatic N) is 2. The minimum Gasteiger partial charge on any atom is -0.352 e. The number of aromatic nitrogens is 2. The number of benzene rings is 1. The van der Waals surface area contributed by atoms with Gasteiger partial charge in [0.25, 0.3) is 0 Å². The van der Waals surface area contributed by atoms with Crippen LogP contribution >= 0.6 is 0 Å². The molecule has 1 aromatic carbocycles. The van der Waals surface area contributed by atoms with Crippen molar-refractivity contribution in [2.24, 2.45) is 5.73 Å². The standard InChI is InChI=1S/C19H27FN4O/c1-4-5-6-16(12-21)22-19(25)11-18-13(2)23-24(14(18)3)17-9-7-15(20)8-10-17/h7-10,16H,4-6,11-12,21H2,1-3H3,(H,22,25). The molecule has 0 radical (unpaired) electrons. The summed E-state index contributed by atoms with van der Waals surface area (Å²) in [5.74, 6) is -0.332. The molecule has 0 spiro atoms. The molecule has 2 rings (SSSR count). The normalized spacial score (nSPS) is 12.2. The van der Waals surface area contributed by atoms with E-state index in [9.17, 15) is 9.18 Å². The summed E-state index contributed by atoms with van der Waals surface area (Å²) in [5, 5.41) is 7.51. The van der Waals surface area contributed by atoms with Gasteiger partial charge >= 0.3 is 0 Å². The Balaban J connectivity index is 2.12. The van der Waals surface area contributed by atoms with Crippen molar-refractivity contribution in [3.63, 3.8) is 0 Å². The second-order valence-corrected chi connectivity index (χ2v) is 6.36. The van der Waals surface area contributed by atoms with Crippen molar-refractivity contribution in [1.29, 1.82) is 0 Å². The zero-order valence-electron chi connectivity index (χ0n) is 15.2. The fourth-order valence-electron chi connectivity index (χ4n) is 2.90. The number of halogens is 1. The molecular weight excluding hydrogens is 319 g/mol. The van der Waals surface area contributed by atoms with Crippen LogP contribution < -0.4 is 11.1 Å². The maximum atomic E-state index is 13.1. The Bertz CT molecular complexity index is 709. The molecule has 1 aromatic heterocycles. The topological polar surface area (TPSA) is 72.9 Å². The van der Waals surface area contributed by atoms with E-state index < -0.39 is 0 Å². The Kier molecular flexibility index (Phi) is 6.70. The smallest absolute Gasteiger partial charge is 0.224 e. The molecule has 1 amide bonds. The Morgan fingerprint density at radius 1 is 1.32 bits per heavy atom. The molecule has 6 heteroatoms. The number of amides is 1. The van der Waals surface area contributed by atoms with E-state index in [0.717, 1.165) is 41.9 Å². The summed E-state index contributed by atoms with van der Waals surface area (Å²) in [6.07, 6.45) is 3.28. The minimum atomic E-state index is -0.287. The monoisotopic (exact) mass is 346 g/mol. The van der Waals surface area contributed by atoms with Gasteiger partial charge in [0, 0.05) is 23.8 Å². The third-order valence-electron chi connectivity index (χ3n) is 4.41. The lowest BCUT2D eigenvalue weighted by Crippen LogP contribution is -2.41. The molecule has 0 bridgehead atoms. The molecule has 1 atom stereocenters. The van der Waals surface area contributed by atoms with Gasteiger partial charge in [0.15, 0.2) is 0 Å². The summed E-state index contributed by atoms with van der Waals surface area (Å²) in [6, 6.07) is 6.16. The number of carbonyl (C=O) groups is 1. The van der Waals surface area contributed by atoms with E-state index in [0.29, 0.717) is 6.54 Å². The number of hydrogen-bond donors (Lipinski definition) is 2. The highest BCUT2D eigenvalue weighted by Crippen LogP contribution is 2.19. The predicted octanol–water partition coefficient (Wildman–Crippen LogP) is 2.80. The van der Waals surface area contributed by atoms with Crippen LogP contribution in [0, 0.1) is 19.7 Å². The number of hydrogen-bond acceptors (Lipinski definition) is 3. The van der Waals surface area contributed by atoms with Gasteiger partial charge in [-0.2, -0.15) is 5.10 Å². The maximum absolute atomic E-state index is 13.1. The Morgan fingerprint density at radius 3 is 2.60 bits per heavy atom. The van der Waals surface area contributed by atoms with Gasteiger partial charge in [0.1, 0.15) is 5.82 Å². The van der Waals surface area contributed by atoms with Gasteiger partial charge in [-0.15, -0.1) is 0 Å². The number of aryl methyl sites for hydroxylation is 1. The van der Waals surface area contributed by atoms with Crippen LogP contribution in [-0.2, 0) is 11.2 Å². The lowest BCUT2D eigenvalue weighted by molar-refractivity contribution is -0.121. The molecule has 1 heterocycles. The van der Waals surface area contributed by atoms with Crippen LogP contribution in [0.4, 0.5) is 4.39 Å². The molecule has 136 valence electrons. The zero-order chi connectivity index (χ0) is 18.4. The van der Waals surface area contributed by atoms with Gasteiger partial charge in [0.2, 0.25) is 5.91 Å². The fraction of sp³-hybridized carbons (Fsp3) is 0.474. The molecule has 1 unspecified atom stereocenters. The van der Waals surface area contributed by atoms with Gasteiger partial charge < -0.3 is 11.1 Å². The maximum Gasteiger partial charge on any atom is 0.224 e. The average molecular weight is 346 g/mol. The molecule has 0 fully saturated rings. The van der Waals surface area contributed by atoms with Crippen LogP contribution in [0.2, 0.25) is 0 Å². The lowest BCUT2D eigenvalue weighted by atomic mass is 10.1. The Labute approximate surface area is 148 Å². The van der Waals surface area contributed by atoms with E-state index in [1.54, 1.807) is 16.8 Å². The van der Waals surface area contributed by atoms with Gasteiger partial charge in [-0.25, -0.2) is 9.07 Å². The first-order valence-corrected chi connectivity index (χ1v) is 8.76. The quantitative estimate of drug-likeness (QED) is 0.772. The molecule has 0 aliphatic carbocycles. The second kappa shape index (κ2) is 8.76. The molecule has 0 aliphatic heterocycles. The highest BCUT2D eigenvalue weighted by molar-refractivity contribution is 5.79. The highest BCUT2D eigenvalue weighted by Gasteiger charge is 2.17. The second-order valence-electron chi connectivity index (χ2n) is 6.36. The third-order valence-corrected chi connectivity index (χ3v) is 4.41. The van der Waals surface area contributed by atoms with E-state index in [1.807, 2.05) is 13.8 Å². The number of unbranched alkanes of at least 4 members (excludes halogenated alkanes) is 1. The van der Waals surface area contributed by atoms with E-state index >= 15 is 0 Å². The SMILES string of the molecule is CCCCC(CN)NC(=O)Cc1c(C)nn(-c2ccc(F)cc2)c1C. The van der Waals surface area contributed by atoms with Gasteiger partial charge in [0.05, 0.1) is 17.8 Å². The van der Waals surface area contributed by atoms with Gasteiger partial charge in [-0.05, 0) is 44.5 Å². The summed E-state index contributed by atoms with van der Waals surface area (Å²) in [7, 11) is 0. The molecule has 2 aromatic rings. The fourth-order valence-corrected chi connectivity index (χ4v) is 2.90. The van der Waals surface area contributed by atoms with Crippen LogP contribution in [0.25, 0.3) is 5.69 Å². The first-order chi connectivity index (χ1) is 12.0. The average Bonchev–Trinajstić information content (AvgIpc) is 2.87. The van der Waals surface area contributed by atoms with Crippen molar-refractivity contribution in [3.8, 4) is 5.69 Å². The number of nitrogens with two attached hydrogens (primary N) is 1. The zero-order valence-corrected chi connectivity index (χ0v) is 15.2. The van der Waals surface area contributed by atoms with E-state index in [2.05, 4.69) is 17.3 Å². The summed E-state index contributed by atoms with van der Waals surface area (Å²) in [4.78, 5) is 12.4. The van der Waals surface area contributed by atoms with Crippen molar-refractivity contribution < 1.29 is 9.18 Å². The van der Waals surface area contributed by atoms with Crippen LogP contribution in [-0.4, -0.2) is 28.3 Å². The minimum absolute atomic E-state index is 0.0141. The number of rotatable bonds is 8. The van der Waals surface area contributed by atoms with E-state index in [-0.39, 0.29) is 24.2 Å². The van der Waals surface area contributed by atoms with E-state index in [1.165, 1.54) is 12.1 Å². The summed E-state index contributed by atoms with van der Waals surface area (Å²) < 4.78 is 14.9. The molecule has 0 aliphatic rings. The molecule has 5 nitrogen and oxygen atoms in total. The predicted molar refractivity (Wildman–Crippen MR) is 97.2 cm³/mol. The van der Waals surface area contributed by atoms with Crippen molar-refractivity contribution >= 4 is 5.91 Å². The van der Waals surface area contributed by atoms with Crippen LogP contribution in [0.1, 0.15) is 43.1 Å². The van der Waals surface area contributed by atoms with E-state index in [4.69, 9.17) is 5.73 Å². The van der Waals surface area contributed by atoms with Gasteiger partial charge in [-0.1, -0.05) is 19.8 Å². The lowest BCUT2D eigenvalue weighted by Gasteiger charge is -2.16.